The van der Waals surface area contributed by atoms with E-state index in [9.17, 15) is 4.79 Å². The molecule has 158 valence electrons. The zero-order valence-corrected chi connectivity index (χ0v) is 19.3. The van der Waals surface area contributed by atoms with Crippen LogP contribution in [0.25, 0.3) is 5.82 Å². The van der Waals surface area contributed by atoms with Crippen molar-refractivity contribution >= 4 is 36.0 Å². The minimum Gasteiger partial charge on any atom is -0.444 e. The second-order valence-electron chi connectivity index (χ2n) is 7.62. The van der Waals surface area contributed by atoms with Gasteiger partial charge in [0.1, 0.15) is 17.7 Å². The Labute approximate surface area is 188 Å². The molecule has 2 aromatic rings. The van der Waals surface area contributed by atoms with Gasteiger partial charge >= 0.3 is 6.09 Å². The molecule has 1 amide bonds. The summed E-state index contributed by atoms with van der Waals surface area (Å²) in [5.74, 6) is 1.28. The lowest BCUT2D eigenvalue weighted by molar-refractivity contribution is 0.0186. The molecule has 0 unspecified atom stereocenters. The Balaban J connectivity index is 0.00000300. The number of carbonyl (C=O) groups is 1. The zero-order chi connectivity index (χ0) is 20.1. The molecule has 1 saturated heterocycles. The second-order valence-corrected chi connectivity index (χ2v) is 7.62. The molecular formula is C19H28IN7O2. The number of amides is 1. The molecule has 10 heteroatoms. The summed E-state index contributed by atoms with van der Waals surface area (Å²) in [6.45, 7) is 8.43. The first-order chi connectivity index (χ1) is 13.3. The molecule has 1 aliphatic heterocycles. The average Bonchev–Trinajstić information content (AvgIpc) is 3.20. The van der Waals surface area contributed by atoms with Gasteiger partial charge in [0, 0.05) is 44.8 Å². The summed E-state index contributed by atoms with van der Waals surface area (Å²) >= 11 is 0. The number of guanidine groups is 1. The number of hydrogen-bond acceptors (Lipinski definition) is 5. The molecule has 2 aromatic heterocycles. The quantitative estimate of drug-likeness (QED) is 0.384. The van der Waals surface area contributed by atoms with Crippen LogP contribution in [0.1, 0.15) is 26.3 Å². The van der Waals surface area contributed by atoms with Gasteiger partial charge in [-0.2, -0.15) is 0 Å². The Kier molecular flexibility index (Phi) is 7.82. The van der Waals surface area contributed by atoms with Gasteiger partial charge in [-0.3, -0.25) is 4.57 Å². The first-order valence-corrected chi connectivity index (χ1v) is 9.28. The highest BCUT2D eigenvalue weighted by molar-refractivity contribution is 14.0. The monoisotopic (exact) mass is 513 g/mol. The molecular weight excluding hydrogens is 485 g/mol. The van der Waals surface area contributed by atoms with Crippen LogP contribution < -0.4 is 5.73 Å². The van der Waals surface area contributed by atoms with Crippen LogP contribution in [0.2, 0.25) is 0 Å². The molecule has 0 atom stereocenters. The number of ether oxygens (including phenoxy) is 1. The molecule has 0 aliphatic carbocycles. The van der Waals surface area contributed by atoms with Crippen molar-refractivity contribution in [2.45, 2.75) is 32.9 Å². The summed E-state index contributed by atoms with van der Waals surface area (Å²) in [4.78, 5) is 28.7. The van der Waals surface area contributed by atoms with Crippen molar-refractivity contribution in [3.05, 3.63) is 42.6 Å². The van der Waals surface area contributed by atoms with Gasteiger partial charge < -0.3 is 20.3 Å². The Morgan fingerprint density at radius 3 is 2.45 bits per heavy atom. The highest BCUT2D eigenvalue weighted by atomic mass is 127. The van der Waals surface area contributed by atoms with Crippen LogP contribution in [0, 0.1) is 0 Å². The minimum atomic E-state index is -0.490. The fourth-order valence-electron chi connectivity index (χ4n) is 2.77. The molecule has 0 radical (unpaired) electrons. The highest BCUT2D eigenvalue weighted by Crippen LogP contribution is 2.12. The van der Waals surface area contributed by atoms with Gasteiger partial charge in [0.05, 0.1) is 6.54 Å². The van der Waals surface area contributed by atoms with Crippen LogP contribution in [0.5, 0.6) is 0 Å². The number of pyridine rings is 1. The van der Waals surface area contributed by atoms with E-state index in [0.717, 1.165) is 11.4 Å². The van der Waals surface area contributed by atoms with Crippen molar-refractivity contribution in [3.8, 4) is 5.82 Å². The molecule has 2 N–H and O–H groups in total. The maximum atomic E-state index is 12.1. The molecule has 0 saturated carbocycles. The van der Waals surface area contributed by atoms with Crippen LogP contribution in [-0.2, 0) is 11.3 Å². The lowest BCUT2D eigenvalue weighted by atomic mass is 10.2. The van der Waals surface area contributed by atoms with Gasteiger partial charge in [0.2, 0.25) is 0 Å². The number of nitrogens with two attached hydrogens (primary N) is 1. The van der Waals surface area contributed by atoms with Crippen LogP contribution >= 0.6 is 24.0 Å². The lowest BCUT2D eigenvalue weighted by Crippen LogP contribution is -2.53. The van der Waals surface area contributed by atoms with Crippen LogP contribution in [0.3, 0.4) is 0 Å². The van der Waals surface area contributed by atoms with Crippen molar-refractivity contribution in [3.63, 3.8) is 0 Å². The summed E-state index contributed by atoms with van der Waals surface area (Å²) in [5, 5.41) is 0. The third-order valence-corrected chi connectivity index (χ3v) is 4.26. The number of hydrogen-bond donors (Lipinski definition) is 1. The van der Waals surface area contributed by atoms with Gasteiger partial charge in [0.15, 0.2) is 5.96 Å². The predicted octanol–water partition coefficient (Wildman–Crippen LogP) is 2.25. The van der Waals surface area contributed by atoms with Crippen LogP contribution in [0.15, 0.2) is 42.0 Å². The summed E-state index contributed by atoms with van der Waals surface area (Å²) in [5.41, 5.74) is 6.62. The van der Waals surface area contributed by atoms with E-state index in [4.69, 9.17) is 10.5 Å². The number of carbonyl (C=O) groups excluding carboxylic acids is 1. The van der Waals surface area contributed by atoms with Crippen LogP contribution in [0.4, 0.5) is 4.79 Å². The average molecular weight is 513 g/mol. The van der Waals surface area contributed by atoms with Gasteiger partial charge in [0.25, 0.3) is 0 Å². The molecule has 1 fully saturated rings. The van der Waals surface area contributed by atoms with Crippen molar-refractivity contribution < 1.29 is 9.53 Å². The van der Waals surface area contributed by atoms with Gasteiger partial charge in [-0.15, -0.1) is 24.0 Å². The predicted molar refractivity (Wildman–Crippen MR) is 121 cm³/mol. The van der Waals surface area contributed by atoms with E-state index in [1.165, 1.54) is 0 Å². The normalized spacial score (nSPS) is 15.1. The molecule has 0 spiro atoms. The number of nitrogens with zero attached hydrogens (tertiary/aromatic N) is 6. The summed E-state index contributed by atoms with van der Waals surface area (Å²) in [6, 6.07) is 3.89. The van der Waals surface area contributed by atoms with Crippen molar-refractivity contribution in [2.75, 3.05) is 26.2 Å². The van der Waals surface area contributed by atoms with Crippen molar-refractivity contribution in [1.82, 2.24) is 24.3 Å². The summed E-state index contributed by atoms with van der Waals surface area (Å²) in [6.07, 6.45) is 6.76. The third-order valence-electron chi connectivity index (χ3n) is 4.26. The summed E-state index contributed by atoms with van der Waals surface area (Å²) in [7, 11) is 0. The molecule has 3 rings (SSSR count). The lowest BCUT2D eigenvalue weighted by Gasteiger charge is -2.36. The van der Waals surface area contributed by atoms with E-state index >= 15 is 0 Å². The molecule has 0 aromatic carbocycles. The van der Waals surface area contributed by atoms with E-state index in [-0.39, 0.29) is 30.1 Å². The van der Waals surface area contributed by atoms with Crippen molar-refractivity contribution in [2.24, 2.45) is 10.7 Å². The fourth-order valence-corrected chi connectivity index (χ4v) is 2.77. The van der Waals surface area contributed by atoms with E-state index in [0.29, 0.717) is 38.7 Å². The second kappa shape index (κ2) is 9.90. The summed E-state index contributed by atoms with van der Waals surface area (Å²) < 4.78 is 7.25. The van der Waals surface area contributed by atoms with E-state index < -0.39 is 5.60 Å². The topological polar surface area (TPSA) is 102 Å². The Bertz CT molecular complexity index is 808. The Morgan fingerprint density at radius 1 is 1.21 bits per heavy atom. The first-order valence-electron chi connectivity index (χ1n) is 9.28. The molecule has 9 nitrogen and oxygen atoms in total. The van der Waals surface area contributed by atoms with Gasteiger partial charge in [-0.1, -0.05) is 6.07 Å². The SMILES string of the molecule is CC(C)(C)OC(=O)N1CCN(C(N)=NCc2ccc(-n3ccnc3)nc2)CC1.I. The maximum absolute atomic E-state index is 12.1. The first kappa shape index (κ1) is 22.9. The van der Waals surface area contributed by atoms with Crippen LogP contribution in [-0.4, -0.2) is 68.2 Å². The number of piperazine rings is 1. The maximum Gasteiger partial charge on any atom is 0.410 e. The van der Waals surface area contributed by atoms with E-state index in [2.05, 4.69) is 15.0 Å². The minimum absolute atomic E-state index is 0. The van der Waals surface area contributed by atoms with Gasteiger partial charge in [-0.25, -0.2) is 19.8 Å². The molecule has 29 heavy (non-hydrogen) atoms. The van der Waals surface area contributed by atoms with E-state index in [1.807, 2.05) is 48.6 Å². The fraction of sp³-hybridized carbons (Fsp3) is 0.474. The smallest absolute Gasteiger partial charge is 0.410 e. The molecule has 3 heterocycles. The molecule has 0 bridgehead atoms. The zero-order valence-electron chi connectivity index (χ0n) is 17.0. The largest absolute Gasteiger partial charge is 0.444 e. The standard InChI is InChI=1S/C19H27N7O2.HI/c1-19(2,3)28-18(27)25-10-8-24(9-11-25)17(20)23-13-15-4-5-16(22-12-15)26-7-6-21-14-26;/h4-7,12,14H,8-11,13H2,1-3H3,(H2,20,23);1H. The molecule has 1 aliphatic rings. The highest BCUT2D eigenvalue weighted by Gasteiger charge is 2.26. The van der Waals surface area contributed by atoms with Gasteiger partial charge in [-0.05, 0) is 32.4 Å². The number of rotatable bonds is 3. The van der Waals surface area contributed by atoms with Crippen molar-refractivity contribution in [1.29, 1.82) is 0 Å². The van der Waals surface area contributed by atoms with E-state index in [1.54, 1.807) is 23.6 Å². The number of imidazole rings is 1. The number of halogens is 1. The third kappa shape index (κ3) is 6.58. The Hall–Kier alpha value is -2.37. The Morgan fingerprint density at radius 2 is 1.90 bits per heavy atom. The number of aliphatic imine (C=N–C) groups is 1. The number of aromatic nitrogens is 3.